The Bertz CT molecular complexity index is 348. The maximum absolute atomic E-state index is 11.8. The Labute approximate surface area is 109 Å². The molecule has 4 heteroatoms. The van der Waals surface area contributed by atoms with Crippen LogP contribution in [0.1, 0.15) is 47.0 Å². The summed E-state index contributed by atoms with van der Waals surface area (Å²) >= 11 is 0. The predicted octanol–water partition coefficient (Wildman–Crippen LogP) is 2.71. The Morgan fingerprint density at radius 2 is 1.94 bits per heavy atom. The molecular formula is C14H24O4. The SMILES string of the molecule is COC(=O)C(C)(C)C1CCC(C)(C(=O)O)C(C)C1. The first-order chi connectivity index (χ1) is 8.16. The van der Waals surface area contributed by atoms with E-state index in [0.29, 0.717) is 6.42 Å². The normalized spacial score (nSPS) is 32.9. The van der Waals surface area contributed by atoms with Crippen molar-refractivity contribution in [1.29, 1.82) is 0 Å². The zero-order valence-electron chi connectivity index (χ0n) is 11.9. The van der Waals surface area contributed by atoms with Crippen LogP contribution in [-0.2, 0) is 14.3 Å². The number of hydrogen-bond acceptors (Lipinski definition) is 3. The first-order valence-corrected chi connectivity index (χ1v) is 6.48. The van der Waals surface area contributed by atoms with E-state index in [1.54, 1.807) is 6.92 Å². The van der Waals surface area contributed by atoms with Crippen molar-refractivity contribution >= 4 is 11.9 Å². The van der Waals surface area contributed by atoms with E-state index in [-0.39, 0.29) is 17.8 Å². The Balaban J connectivity index is 2.84. The fourth-order valence-corrected chi connectivity index (χ4v) is 2.93. The van der Waals surface area contributed by atoms with E-state index in [9.17, 15) is 14.7 Å². The van der Waals surface area contributed by atoms with Crippen LogP contribution in [0.4, 0.5) is 0 Å². The molecule has 3 unspecified atom stereocenters. The maximum Gasteiger partial charge on any atom is 0.311 e. The van der Waals surface area contributed by atoms with Crippen molar-refractivity contribution in [3.63, 3.8) is 0 Å². The molecule has 0 heterocycles. The summed E-state index contributed by atoms with van der Waals surface area (Å²) in [4.78, 5) is 23.1. The number of carboxylic acid groups (broad SMARTS) is 1. The summed E-state index contributed by atoms with van der Waals surface area (Å²) in [5.74, 6) is -0.687. The highest BCUT2D eigenvalue weighted by Crippen LogP contribution is 2.49. The highest BCUT2D eigenvalue weighted by molar-refractivity contribution is 5.77. The van der Waals surface area contributed by atoms with E-state index >= 15 is 0 Å². The molecule has 1 saturated carbocycles. The highest BCUT2D eigenvalue weighted by atomic mass is 16.5. The van der Waals surface area contributed by atoms with Crippen LogP contribution in [0.15, 0.2) is 0 Å². The lowest BCUT2D eigenvalue weighted by Crippen LogP contribution is -2.44. The number of ether oxygens (including phenoxy) is 1. The standard InChI is InChI=1S/C14H24O4/c1-9-8-10(13(2,3)12(17)18-5)6-7-14(9,4)11(15)16/h9-10H,6-8H2,1-5H3,(H,15,16). The monoisotopic (exact) mass is 256 g/mol. The van der Waals surface area contributed by atoms with Crippen LogP contribution in [0.5, 0.6) is 0 Å². The molecule has 0 bridgehead atoms. The van der Waals surface area contributed by atoms with Crippen molar-refractivity contribution in [2.24, 2.45) is 22.7 Å². The van der Waals surface area contributed by atoms with E-state index < -0.39 is 16.8 Å². The summed E-state index contributed by atoms with van der Waals surface area (Å²) in [5, 5.41) is 9.32. The van der Waals surface area contributed by atoms with Gasteiger partial charge in [-0.15, -0.1) is 0 Å². The molecular weight excluding hydrogens is 232 g/mol. The number of aliphatic carboxylic acids is 1. The molecule has 0 aliphatic heterocycles. The van der Waals surface area contributed by atoms with E-state index in [2.05, 4.69) is 0 Å². The van der Waals surface area contributed by atoms with Gasteiger partial charge in [0.2, 0.25) is 0 Å². The average molecular weight is 256 g/mol. The minimum Gasteiger partial charge on any atom is -0.481 e. The molecule has 1 aliphatic rings. The molecule has 1 aliphatic carbocycles. The van der Waals surface area contributed by atoms with Crippen LogP contribution < -0.4 is 0 Å². The third-order valence-electron chi connectivity index (χ3n) is 4.96. The summed E-state index contributed by atoms with van der Waals surface area (Å²) in [5.41, 5.74) is -1.20. The maximum atomic E-state index is 11.8. The first-order valence-electron chi connectivity index (χ1n) is 6.48. The van der Waals surface area contributed by atoms with Gasteiger partial charge in [0.05, 0.1) is 17.9 Å². The lowest BCUT2D eigenvalue weighted by atomic mass is 9.59. The van der Waals surface area contributed by atoms with E-state index in [1.165, 1.54) is 7.11 Å². The Morgan fingerprint density at radius 1 is 1.39 bits per heavy atom. The van der Waals surface area contributed by atoms with Gasteiger partial charge in [0.25, 0.3) is 0 Å². The van der Waals surface area contributed by atoms with Gasteiger partial charge in [-0.25, -0.2) is 0 Å². The summed E-state index contributed by atoms with van der Waals surface area (Å²) < 4.78 is 4.85. The van der Waals surface area contributed by atoms with Crippen LogP contribution in [0.2, 0.25) is 0 Å². The van der Waals surface area contributed by atoms with Crippen LogP contribution >= 0.6 is 0 Å². The zero-order chi connectivity index (χ0) is 14.1. The third kappa shape index (κ3) is 2.38. The number of carboxylic acids is 1. The van der Waals surface area contributed by atoms with E-state index in [4.69, 9.17) is 4.74 Å². The summed E-state index contributed by atoms with van der Waals surface area (Å²) in [6.45, 7) is 7.55. The molecule has 0 aromatic carbocycles. The summed E-state index contributed by atoms with van der Waals surface area (Å²) in [6.07, 6.45) is 2.13. The number of hydrogen-bond donors (Lipinski definition) is 1. The van der Waals surface area contributed by atoms with Gasteiger partial charge in [-0.05, 0) is 51.9 Å². The second-order valence-corrected chi connectivity index (χ2v) is 6.31. The number of carbonyl (C=O) groups excluding carboxylic acids is 1. The van der Waals surface area contributed by atoms with Gasteiger partial charge in [0.15, 0.2) is 0 Å². The number of methoxy groups -OCH3 is 1. The average Bonchev–Trinajstić information content (AvgIpc) is 2.31. The van der Waals surface area contributed by atoms with E-state index in [0.717, 1.165) is 12.8 Å². The molecule has 3 atom stereocenters. The van der Waals surface area contributed by atoms with Crippen LogP contribution in [0.25, 0.3) is 0 Å². The Kier molecular flexibility index (Phi) is 4.08. The van der Waals surface area contributed by atoms with Gasteiger partial charge < -0.3 is 9.84 Å². The van der Waals surface area contributed by atoms with Crippen LogP contribution in [0.3, 0.4) is 0 Å². The van der Waals surface area contributed by atoms with Crippen molar-refractivity contribution in [3.8, 4) is 0 Å². The highest BCUT2D eigenvalue weighted by Gasteiger charge is 2.48. The zero-order valence-corrected chi connectivity index (χ0v) is 11.9. The molecule has 104 valence electrons. The van der Waals surface area contributed by atoms with Gasteiger partial charge in [-0.1, -0.05) is 6.92 Å². The van der Waals surface area contributed by atoms with Crippen LogP contribution in [-0.4, -0.2) is 24.2 Å². The topological polar surface area (TPSA) is 63.6 Å². The summed E-state index contributed by atoms with van der Waals surface area (Å²) in [7, 11) is 1.40. The molecule has 4 nitrogen and oxygen atoms in total. The molecule has 1 rings (SSSR count). The third-order valence-corrected chi connectivity index (χ3v) is 4.96. The van der Waals surface area contributed by atoms with Crippen LogP contribution in [0, 0.1) is 22.7 Å². The fraction of sp³-hybridized carbons (Fsp3) is 0.857. The minimum atomic E-state index is -0.732. The minimum absolute atomic E-state index is 0.0673. The quantitative estimate of drug-likeness (QED) is 0.788. The lowest BCUT2D eigenvalue weighted by Gasteiger charge is -2.44. The molecule has 1 N–H and O–H groups in total. The second-order valence-electron chi connectivity index (χ2n) is 6.31. The van der Waals surface area contributed by atoms with Crippen molar-refractivity contribution < 1.29 is 19.4 Å². The Morgan fingerprint density at radius 3 is 2.33 bits per heavy atom. The van der Waals surface area contributed by atoms with E-state index in [1.807, 2.05) is 20.8 Å². The molecule has 0 radical (unpaired) electrons. The summed E-state index contributed by atoms with van der Waals surface area (Å²) in [6, 6.07) is 0. The molecule has 0 amide bonds. The van der Waals surface area contributed by atoms with Gasteiger partial charge in [0.1, 0.15) is 0 Å². The second kappa shape index (κ2) is 4.90. The number of esters is 1. The Hall–Kier alpha value is -1.06. The number of carbonyl (C=O) groups is 2. The molecule has 0 aromatic rings. The van der Waals surface area contributed by atoms with Crippen molar-refractivity contribution in [2.75, 3.05) is 7.11 Å². The van der Waals surface area contributed by atoms with Gasteiger partial charge in [-0.3, -0.25) is 9.59 Å². The van der Waals surface area contributed by atoms with Crippen molar-refractivity contribution in [3.05, 3.63) is 0 Å². The fourth-order valence-electron chi connectivity index (χ4n) is 2.93. The molecule has 18 heavy (non-hydrogen) atoms. The van der Waals surface area contributed by atoms with Gasteiger partial charge >= 0.3 is 11.9 Å². The van der Waals surface area contributed by atoms with Gasteiger partial charge in [-0.2, -0.15) is 0 Å². The van der Waals surface area contributed by atoms with Crippen molar-refractivity contribution in [1.82, 2.24) is 0 Å². The molecule has 0 saturated heterocycles. The smallest absolute Gasteiger partial charge is 0.311 e. The molecule has 0 aromatic heterocycles. The lowest BCUT2D eigenvalue weighted by molar-refractivity contribution is -0.160. The van der Waals surface area contributed by atoms with Crippen molar-refractivity contribution in [2.45, 2.75) is 47.0 Å². The molecule has 0 spiro atoms. The first kappa shape index (κ1) is 15.0. The number of rotatable bonds is 3. The predicted molar refractivity (Wildman–Crippen MR) is 68.0 cm³/mol. The largest absolute Gasteiger partial charge is 0.481 e. The molecule has 1 fully saturated rings. The van der Waals surface area contributed by atoms with Gasteiger partial charge in [0, 0.05) is 0 Å².